The molecule has 1 rings (SSSR count). The smallest absolute Gasteiger partial charge is 0.00683 e. The molecule has 1 fully saturated rings. The Morgan fingerprint density at radius 2 is 1.80 bits per heavy atom. The van der Waals surface area contributed by atoms with Crippen LogP contribution in [0.25, 0.3) is 0 Å². The number of nitrogens with one attached hydrogen (secondary N) is 1. The van der Waals surface area contributed by atoms with E-state index in [2.05, 4.69) is 33.0 Å². The van der Waals surface area contributed by atoms with Crippen molar-refractivity contribution in [2.75, 3.05) is 6.54 Å². The minimum absolute atomic E-state index is 0.847. The van der Waals surface area contributed by atoms with Gasteiger partial charge in [-0.1, -0.05) is 34.1 Å². The lowest BCUT2D eigenvalue weighted by atomic mass is 9.87. The van der Waals surface area contributed by atoms with Crippen molar-refractivity contribution in [1.82, 2.24) is 5.32 Å². The van der Waals surface area contributed by atoms with Gasteiger partial charge in [-0.15, -0.1) is 0 Å². The van der Waals surface area contributed by atoms with Gasteiger partial charge in [-0.05, 0) is 50.0 Å². The third-order valence-corrected chi connectivity index (χ3v) is 3.51. The van der Waals surface area contributed by atoms with Gasteiger partial charge in [0.1, 0.15) is 0 Å². The van der Waals surface area contributed by atoms with Crippen molar-refractivity contribution >= 4 is 0 Å². The highest BCUT2D eigenvalue weighted by Crippen LogP contribution is 2.24. The molecule has 0 saturated heterocycles. The summed E-state index contributed by atoms with van der Waals surface area (Å²) >= 11 is 0. The van der Waals surface area contributed by atoms with Crippen LogP contribution < -0.4 is 5.32 Å². The molecule has 0 aromatic heterocycles. The molecule has 2 unspecified atom stereocenters. The Morgan fingerprint density at radius 1 is 1.13 bits per heavy atom. The van der Waals surface area contributed by atoms with Crippen molar-refractivity contribution in [3.8, 4) is 0 Å². The summed E-state index contributed by atoms with van der Waals surface area (Å²) in [6.45, 7) is 10.7. The summed E-state index contributed by atoms with van der Waals surface area (Å²) < 4.78 is 0. The van der Waals surface area contributed by atoms with Crippen molar-refractivity contribution in [2.24, 2.45) is 17.8 Å². The third kappa shape index (κ3) is 6.19. The lowest BCUT2D eigenvalue weighted by Gasteiger charge is -2.22. The maximum atomic E-state index is 3.69. The van der Waals surface area contributed by atoms with Crippen LogP contribution in [0.15, 0.2) is 0 Å². The molecule has 1 N–H and O–H groups in total. The lowest BCUT2D eigenvalue weighted by molar-refractivity contribution is 0.314. The molecule has 15 heavy (non-hydrogen) atoms. The van der Waals surface area contributed by atoms with Crippen molar-refractivity contribution in [3.63, 3.8) is 0 Å². The Bertz CT molecular complexity index is 161. The number of hydrogen-bond donors (Lipinski definition) is 1. The van der Waals surface area contributed by atoms with Crippen LogP contribution in [0.5, 0.6) is 0 Å². The molecule has 0 amide bonds. The molecule has 0 aromatic rings. The van der Waals surface area contributed by atoms with Crippen LogP contribution in [-0.2, 0) is 0 Å². The molecule has 90 valence electrons. The third-order valence-electron chi connectivity index (χ3n) is 3.51. The van der Waals surface area contributed by atoms with E-state index in [1.807, 2.05) is 0 Å². The quantitative estimate of drug-likeness (QED) is 0.643. The highest BCUT2D eigenvalue weighted by molar-refractivity contribution is 4.82. The Balaban J connectivity index is 2.22. The largest absolute Gasteiger partial charge is 0.314 e. The molecular weight excluding hydrogens is 182 g/mol. The first kappa shape index (κ1) is 13.0. The first-order valence-corrected chi connectivity index (χ1v) is 6.85. The monoisotopic (exact) mass is 211 g/mol. The second-order valence-corrected chi connectivity index (χ2v) is 5.93. The maximum Gasteiger partial charge on any atom is 0.00683 e. The standard InChI is InChI=1S/C14H29N/c1-5-12(4)9-13(8-11(2)3)10-15-14-6-7-14/h11-15H,5-10H2,1-4H3. The van der Waals surface area contributed by atoms with E-state index in [0.717, 1.165) is 23.8 Å². The zero-order valence-corrected chi connectivity index (χ0v) is 11.1. The van der Waals surface area contributed by atoms with Crippen LogP contribution in [0, 0.1) is 17.8 Å². The SMILES string of the molecule is CCC(C)CC(CNC1CC1)CC(C)C. The molecule has 1 heteroatoms. The van der Waals surface area contributed by atoms with Gasteiger partial charge in [0.15, 0.2) is 0 Å². The zero-order valence-electron chi connectivity index (χ0n) is 11.1. The Labute approximate surface area is 96.0 Å². The van der Waals surface area contributed by atoms with Crippen LogP contribution in [0.3, 0.4) is 0 Å². The fourth-order valence-electron chi connectivity index (χ4n) is 2.29. The fraction of sp³-hybridized carbons (Fsp3) is 1.00. The lowest BCUT2D eigenvalue weighted by Crippen LogP contribution is -2.26. The van der Waals surface area contributed by atoms with E-state index >= 15 is 0 Å². The summed E-state index contributed by atoms with van der Waals surface area (Å²) in [5.41, 5.74) is 0. The average Bonchev–Trinajstić information content (AvgIpc) is 2.96. The highest BCUT2D eigenvalue weighted by atomic mass is 14.9. The highest BCUT2D eigenvalue weighted by Gasteiger charge is 2.22. The first-order chi connectivity index (χ1) is 7.11. The normalized spacial score (nSPS) is 20.6. The number of hydrogen-bond acceptors (Lipinski definition) is 1. The molecule has 0 aliphatic heterocycles. The average molecular weight is 211 g/mol. The Kier molecular flexibility index (Phi) is 5.66. The molecule has 0 radical (unpaired) electrons. The molecule has 0 bridgehead atoms. The Morgan fingerprint density at radius 3 is 2.27 bits per heavy atom. The minimum atomic E-state index is 0.847. The summed E-state index contributed by atoms with van der Waals surface area (Å²) in [6, 6.07) is 0.872. The van der Waals surface area contributed by atoms with Gasteiger partial charge in [0.2, 0.25) is 0 Å². The van der Waals surface area contributed by atoms with Gasteiger partial charge in [-0.3, -0.25) is 0 Å². The Hall–Kier alpha value is -0.0400. The van der Waals surface area contributed by atoms with E-state index < -0.39 is 0 Å². The first-order valence-electron chi connectivity index (χ1n) is 6.85. The molecule has 1 saturated carbocycles. The second kappa shape index (κ2) is 6.52. The summed E-state index contributed by atoms with van der Waals surface area (Å²) in [5.74, 6) is 2.65. The fourth-order valence-corrected chi connectivity index (χ4v) is 2.29. The minimum Gasteiger partial charge on any atom is -0.314 e. The van der Waals surface area contributed by atoms with Gasteiger partial charge in [-0.2, -0.15) is 0 Å². The molecule has 2 atom stereocenters. The molecule has 1 aliphatic rings. The molecule has 0 aromatic carbocycles. The molecular formula is C14H29N. The zero-order chi connectivity index (χ0) is 11.3. The van der Waals surface area contributed by atoms with Crippen LogP contribution in [0.4, 0.5) is 0 Å². The topological polar surface area (TPSA) is 12.0 Å². The predicted molar refractivity (Wildman–Crippen MR) is 68.0 cm³/mol. The van der Waals surface area contributed by atoms with Crippen molar-refractivity contribution in [3.05, 3.63) is 0 Å². The van der Waals surface area contributed by atoms with E-state index in [0.29, 0.717) is 0 Å². The molecule has 0 spiro atoms. The van der Waals surface area contributed by atoms with Crippen LogP contribution >= 0.6 is 0 Å². The van der Waals surface area contributed by atoms with Gasteiger partial charge >= 0.3 is 0 Å². The van der Waals surface area contributed by atoms with Crippen molar-refractivity contribution in [2.45, 2.75) is 65.8 Å². The maximum absolute atomic E-state index is 3.69. The van der Waals surface area contributed by atoms with E-state index in [1.165, 1.54) is 38.6 Å². The van der Waals surface area contributed by atoms with E-state index in [9.17, 15) is 0 Å². The van der Waals surface area contributed by atoms with Gasteiger partial charge < -0.3 is 5.32 Å². The van der Waals surface area contributed by atoms with Gasteiger partial charge in [-0.25, -0.2) is 0 Å². The molecule has 1 aliphatic carbocycles. The molecule has 0 heterocycles. The van der Waals surface area contributed by atoms with Gasteiger partial charge in [0.25, 0.3) is 0 Å². The van der Waals surface area contributed by atoms with Crippen molar-refractivity contribution < 1.29 is 0 Å². The second-order valence-electron chi connectivity index (χ2n) is 5.93. The van der Waals surface area contributed by atoms with E-state index in [4.69, 9.17) is 0 Å². The van der Waals surface area contributed by atoms with Gasteiger partial charge in [0.05, 0.1) is 0 Å². The summed E-state index contributed by atoms with van der Waals surface area (Å²) in [6.07, 6.45) is 6.96. The van der Waals surface area contributed by atoms with Crippen molar-refractivity contribution in [1.29, 1.82) is 0 Å². The number of rotatable bonds is 8. The van der Waals surface area contributed by atoms with Gasteiger partial charge in [0, 0.05) is 6.04 Å². The van der Waals surface area contributed by atoms with Crippen LogP contribution in [0.2, 0.25) is 0 Å². The molecule has 1 nitrogen and oxygen atoms in total. The van der Waals surface area contributed by atoms with Crippen LogP contribution in [-0.4, -0.2) is 12.6 Å². The van der Waals surface area contributed by atoms with E-state index in [1.54, 1.807) is 0 Å². The predicted octanol–water partition coefficient (Wildman–Crippen LogP) is 3.84. The van der Waals surface area contributed by atoms with E-state index in [-0.39, 0.29) is 0 Å². The summed E-state index contributed by atoms with van der Waals surface area (Å²) in [7, 11) is 0. The summed E-state index contributed by atoms with van der Waals surface area (Å²) in [5, 5.41) is 3.69. The van der Waals surface area contributed by atoms with Crippen LogP contribution in [0.1, 0.15) is 59.8 Å². The summed E-state index contributed by atoms with van der Waals surface area (Å²) in [4.78, 5) is 0.